The predicted octanol–water partition coefficient (Wildman–Crippen LogP) is -0.436. The molecule has 1 fully saturated rings. The molecule has 1 heterocycles. The van der Waals surface area contributed by atoms with Crippen molar-refractivity contribution in [1.82, 2.24) is 5.01 Å². The maximum atomic E-state index is 8.55. The van der Waals surface area contributed by atoms with Gasteiger partial charge in [-0.3, -0.25) is 5.84 Å². The highest BCUT2D eigenvalue weighted by Gasteiger charge is 2.18. The van der Waals surface area contributed by atoms with Crippen molar-refractivity contribution in [3.05, 3.63) is 0 Å². The minimum absolute atomic E-state index is 0.304. The Morgan fingerprint density at radius 3 is 2.89 bits per heavy atom. The van der Waals surface area contributed by atoms with E-state index in [0.29, 0.717) is 12.5 Å². The Morgan fingerprint density at radius 2 is 2.44 bits per heavy atom. The van der Waals surface area contributed by atoms with Gasteiger partial charge in [-0.05, 0) is 18.8 Å². The first kappa shape index (κ1) is 6.99. The van der Waals surface area contributed by atoms with Crippen LogP contribution in [-0.4, -0.2) is 29.8 Å². The van der Waals surface area contributed by atoms with E-state index in [-0.39, 0.29) is 0 Å². The molecule has 0 spiro atoms. The van der Waals surface area contributed by atoms with Gasteiger partial charge in [0.2, 0.25) is 0 Å². The summed E-state index contributed by atoms with van der Waals surface area (Å²) in [6.07, 6.45) is 2.06. The van der Waals surface area contributed by atoms with Crippen LogP contribution in [0, 0.1) is 5.92 Å². The van der Waals surface area contributed by atoms with Crippen molar-refractivity contribution in [3.63, 3.8) is 0 Å². The Hall–Kier alpha value is -0.120. The summed E-state index contributed by atoms with van der Waals surface area (Å²) in [5, 5.41) is 10.4. The summed E-state index contributed by atoms with van der Waals surface area (Å²) < 4.78 is 0. The highest BCUT2D eigenvalue weighted by Crippen LogP contribution is 2.15. The summed E-state index contributed by atoms with van der Waals surface area (Å²) in [7, 11) is 0. The number of hydrazine groups is 1. The minimum atomic E-state index is 0.304. The largest absolute Gasteiger partial charge is 0.396 e. The van der Waals surface area contributed by atoms with Gasteiger partial charge < -0.3 is 5.11 Å². The Kier molecular flexibility index (Phi) is 2.45. The Labute approximate surface area is 55.4 Å². The highest BCUT2D eigenvalue weighted by atomic mass is 16.3. The van der Waals surface area contributed by atoms with Crippen molar-refractivity contribution in [3.8, 4) is 0 Å². The maximum Gasteiger partial charge on any atom is 0.0434 e. The van der Waals surface area contributed by atoms with E-state index in [1.54, 1.807) is 0 Å². The SMILES string of the molecule is NN1CCC(CCO)C1. The van der Waals surface area contributed by atoms with Crippen molar-refractivity contribution in [2.24, 2.45) is 11.8 Å². The highest BCUT2D eigenvalue weighted by molar-refractivity contribution is 4.70. The van der Waals surface area contributed by atoms with Crippen LogP contribution >= 0.6 is 0 Å². The minimum Gasteiger partial charge on any atom is -0.396 e. The molecule has 0 aromatic carbocycles. The van der Waals surface area contributed by atoms with E-state index in [4.69, 9.17) is 10.9 Å². The van der Waals surface area contributed by atoms with Crippen LogP contribution < -0.4 is 5.84 Å². The van der Waals surface area contributed by atoms with Crippen molar-refractivity contribution < 1.29 is 5.11 Å². The lowest BCUT2D eigenvalue weighted by Gasteiger charge is -2.06. The van der Waals surface area contributed by atoms with Crippen LogP contribution in [0.4, 0.5) is 0 Å². The lowest BCUT2D eigenvalue weighted by molar-refractivity contribution is 0.252. The van der Waals surface area contributed by atoms with Gasteiger partial charge in [0.25, 0.3) is 0 Å². The summed E-state index contributed by atoms with van der Waals surface area (Å²) in [5.41, 5.74) is 0. The average Bonchev–Trinajstić information content (AvgIpc) is 2.17. The van der Waals surface area contributed by atoms with E-state index in [2.05, 4.69) is 0 Å². The van der Waals surface area contributed by atoms with Crippen LogP contribution in [-0.2, 0) is 0 Å². The molecule has 3 N–H and O–H groups in total. The zero-order valence-corrected chi connectivity index (χ0v) is 5.58. The molecule has 0 aromatic rings. The number of hydrogen-bond acceptors (Lipinski definition) is 3. The topological polar surface area (TPSA) is 49.5 Å². The van der Waals surface area contributed by atoms with Crippen molar-refractivity contribution in [2.75, 3.05) is 19.7 Å². The summed E-state index contributed by atoms with van der Waals surface area (Å²) in [6, 6.07) is 0. The van der Waals surface area contributed by atoms with Gasteiger partial charge in [0.05, 0.1) is 0 Å². The zero-order valence-electron chi connectivity index (χ0n) is 5.58. The predicted molar refractivity (Wildman–Crippen MR) is 35.6 cm³/mol. The molecule has 1 aliphatic rings. The van der Waals surface area contributed by atoms with Crippen molar-refractivity contribution in [2.45, 2.75) is 12.8 Å². The summed E-state index contributed by atoms with van der Waals surface area (Å²) in [6.45, 7) is 2.25. The number of hydrogen-bond donors (Lipinski definition) is 2. The van der Waals surface area contributed by atoms with Crippen LogP contribution in [0.25, 0.3) is 0 Å². The van der Waals surface area contributed by atoms with Gasteiger partial charge in [0, 0.05) is 19.7 Å². The van der Waals surface area contributed by atoms with Gasteiger partial charge in [-0.25, -0.2) is 5.01 Å². The maximum absolute atomic E-state index is 8.55. The molecule has 1 rings (SSSR count). The fourth-order valence-electron chi connectivity index (χ4n) is 1.28. The molecule has 0 radical (unpaired) electrons. The van der Waals surface area contributed by atoms with E-state index >= 15 is 0 Å². The number of nitrogens with two attached hydrogens (primary N) is 1. The van der Waals surface area contributed by atoms with E-state index in [0.717, 1.165) is 25.9 Å². The van der Waals surface area contributed by atoms with Gasteiger partial charge in [-0.2, -0.15) is 0 Å². The number of aliphatic hydroxyl groups excluding tert-OH is 1. The first-order chi connectivity index (χ1) is 4.33. The second-order valence-corrected chi connectivity index (χ2v) is 2.66. The van der Waals surface area contributed by atoms with E-state index in [9.17, 15) is 0 Å². The molecule has 1 aliphatic heterocycles. The summed E-state index contributed by atoms with van der Waals surface area (Å²) >= 11 is 0. The van der Waals surface area contributed by atoms with Gasteiger partial charge >= 0.3 is 0 Å². The first-order valence-corrected chi connectivity index (χ1v) is 3.43. The first-order valence-electron chi connectivity index (χ1n) is 3.43. The lowest BCUT2D eigenvalue weighted by atomic mass is 10.1. The monoisotopic (exact) mass is 130 g/mol. The van der Waals surface area contributed by atoms with Crippen LogP contribution in [0.15, 0.2) is 0 Å². The van der Waals surface area contributed by atoms with Gasteiger partial charge in [-0.15, -0.1) is 0 Å². The molecule has 1 atom stereocenters. The molecule has 1 saturated heterocycles. The van der Waals surface area contributed by atoms with Gasteiger partial charge in [-0.1, -0.05) is 0 Å². The lowest BCUT2D eigenvalue weighted by Crippen LogP contribution is -2.27. The molecule has 1 unspecified atom stereocenters. The molecule has 0 aliphatic carbocycles. The molecule has 0 amide bonds. The molecule has 54 valence electrons. The quantitative estimate of drug-likeness (QED) is 0.498. The molecule has 0 bridgehead atoms. The smallest absolute Gasteiger partial charge is 0.0434 e. The van der Waals surface area contributed by atoms with Crippen LogP contribution in [0.5, 0.6) is 0 Å². The number of rotatable bonds is 2. The number of nitrogens with zero attached hydrogens (tertiary/aromatic N) is 1. The van der Waals surface area contributed by atoms with Gasteiger partial charge in [0.15, 0.2) is 0 Å². The Balaban J connectivity index is 2.14. The summed E-state index contributed by atoms with van der Waals surface area (Å²) in [4.78, 5) is 0. The van der Waals surface area contributed by atoms with E-state index < -0.39 is 0 Å². The third kappa shape index (κ3) is 1.93. The summed E-state index contributed by atoms with van der Waals surface area (Å²) in [5.74, 6) is 6.15. The fraction of sp³-hybridized carbons (Fsp3) is 1.00. The van der Waals surface area contributed by atoms with Crippen LogP contribution in [0.1, 0.15) is 12.8 Å². The van der Waals surface area contributed by atoms with Crippen molar-refractivity contribution in [1.29, 1.82) is 0 Å². The standard InChI is InChI=1S/C6H14N2O/c7-8-3-1-6(5-8)2-4-9/h6,9H,1-5,7H2. The molecule has 3 heteroatoms. The molecular formula is C6H14N2O. The third-order valence-electron chi connectivity index (χ3n) is 1.85. The molecule has 3 nitrogen and oxygen atoms in total. The zero-order chi connectivity index (χ0) is 6.69. The number of aliphatic hydroxyl groups is 1. The second kappa shape index (κ2) is 3.15. The third-order valence-corrected chi connectivity index (χ3v) is 1.85. The van der Waals surface area contributed by atoms with Gasteiger partial charge in [0.1, 0.15) is 0 Å². The Bertz CT molecular complexity index is 85.1. The fourth-order valence-corrected chi connectivity index (χ4v) is 1.28. The molecule has 9 heavy (non-hydrogen) atoms. The van der Waals surface area contributed by atoms with Crippen LogP contribution in [0.3, 0.4) is 0 Å². The molecule has 0 saturated carbocycles. The molecule has 0 aromatic heterocycles. The second-order valence-electron chi connectivity index (χ2n) is 2.66. The Morgan fingerprint density at radius 1 is 1.67 bits per heavy atom. The molecular weight excluding hydrogens is 116 g/mol. The van der Waals surface area contributed by atoms with E-state index in [1.807, 2.05) is 5.01 Å². The normalized spacial score (nSPS) is 29.3. The van der Waals surface area contributed by atoms with Crippen LogP contribution in [0.2, 0.25) is 0 Å². The average molecular weight is 130 g/mol. The van der Waals surface area contributed by atoms with E-state index in [1.165, 1.54) is 0 Å². The van der Waals surface area contributed by atoms with Crippen molar-refractivity contribution >= 4 is 0 Å².